The number of fused-ring (bicyclic) bond motifs is 1. The van der Waals surface area contributed by atoms with E-state index in [-0.39, 0.29) is 46.5 Å². The maximum atomic E-state index is 12.3. The Hall–Kier alpha value is -0.620. The fraction of sp³-hybridized carbons (Fsp3) is 0.846. The summed E-state index contributed by atoms with van der Waals surface area (Å²) in [4.78, 5) is 24.3. The van der Waals surface area contributed by atoms with Crippen LogP contribution in [0, 0.1) is 23.7 Å². The number of alkyl halides is 1. The topological polar surface area (TPSA) is 64.6 Å². The van der Waals surface area contributed by atoms with E-state index in [1.54, 1.807) is 7.11 Å². The molecule has 0 radical (unpaired) electrons. The first-order chi connectivity index (χ1) is 9.15. The Bertz CT molecular complexity index is 402. The molecule has 0 aromatic rings. The normalized spacial score (nSPS) is 42.5. The average molecular weight is 332 g/mol. The van der Waals surface area contributed by atoms with Crippen molar-refractivity contribution in [2.24, 2.45) is 23.7 Å². The zero-order valence-electron chi connectivity index (χ0n) is 10.8. The van der Waals surface area contributed by atoms with Crippen LogP contribution in [0.1, 0.15) is 12.8 Å². The van der Waals surface area contributed by atoms with Gasteiger partial charge in [-0.2, -0.15) is 0 Å². The number of halogens is 1. The second kappa shape index (κ2) is 5.05. The second-order valence-corrected chi connectivity index (χ2v) is 6.66. The van der Waals surface area contributed by atoms with Gasteiger partial charge in [-0.05, 0) is 18.8 Å². The SMILES string of the molecule is COCCCNC(=O)[C@@H]1[C@H]2C[C@H]3[C@H](OC(=O)[C@@H]31)[C@H]2Br. The highest BCUT2D eigenvalue weighted by Crippen LogP contribution is 2.59. The zero-order valence-corrected chi connectivity index (χ0v) is 12.4. The van der Waals surface area contributed by atoms with Crippen LogP contribution in [0.4, 0.5) is 0 Å². The third-order valence-electron chi connectivity index (χ3n) is 4.65. The Kier molecular flexibility index (Phi) is 3.55. The highest BCUT2D eigenvalue weighted by atomic mass is 79.9. The molecular weight excluding hydrogens is 314 g/mol. The molecule has 1 saturated heterocycles. The van der Waals surface area contributed by atoms with Crippen LogP contribution in [0.15, 0.2) is 0 Å². The molecule has 6 heteroatoms. The number of nitrogens with one attached hydrogen (secondary N) is 1. The lowest BCUT2D eigenvalue weighted by Crippen LogP contribution is -2.43. The lowest BCUT2D eigenvalue weighted by Gasteiger charge is -2.27. The summed E-state index contributed by atoms with van der Waals surface area (Å²) in [7, 11) is 1.64. The van der Waals surface area contributed by atoms with Crippen LogP contribution in [0.2, 0.25) is 0 Å². The van der Waals surface area contributed by atoms with Crippen molar-refractivity contribution in [2.45, 2.75) is 23.8 Å². The van der Waals surface area contributed by atoms with Gasteiger partial charge in [-0.25, -0.2) is 0 Å². The number of esters is 1. The van der Waals surface area contributed by atoms with E-state index in [1.165, 1.54) is 0 Å². The first-order valence-corrected chi connectivity index (χ1v) is 7.68. The predicted octanol–water partition coefficient (Wildman–Crippen LogP) is 0.710. The molecule has 1 aliphatic heterocycles. The van der Waals surface area contributed by atoms with Crippen LogP contribution in [0.25, 0.3) is 0 Å². The van der Waals surface area contributed by atoms with E-state index in [0.29, 0.717) is 13.2 Å². The van der Waals surface area contributed by atoms with E-state index in [4.69, 9.17) is 9.47 Å². The molecule has 19 heavy (non-hydrogen) atoms. The number of amides is 1. The molecule has 3 rings (SSSR count). The smallest absolute Gasteiger partial charge is 0.310 e. The molecule has 3 fully saturated rings. The summed E-state index contributed by atoms with van der Waals surface area (Å²) in [5.41, 5.74) is 0. The minimum Gasteiger partial charge on any atom is -0.461 e. The summed E-state index contributed by atoms with van der Waals surface area (Å²) in [6.45, 7) is 1.23. The van der Waals surface area contributed by atoms with Gasteiger partial charge in [0, 0.05) is 26.2 Å². The van der Waals surface area contributed by atoms with E-state index in [2.05, 4.69) is 21.2 Å². The molecule has 1 amide bonds. The molecule has 106 valence electrons. The Morgan fingerprint density at radius 1 is 1.53 bits per heavy atom. The lowest BCUT2D eigenvalue weighted by atomic mass is 9.79. The standard InChI is InChI=1S/C13H18BrNO4/c1-18-4-2-3-15-12(16)8-6-5-7-9(8)13(17)19-11(7)10(6)14/h6-11H,2-5H2,1H3,(H,15,16)/t6-,7-,8-,9+,10+,11+/m1/s1. The highest BCUT2D eigenvalue weighted by molar-refractivity contribution is 9.09. The minimum atomic E-state index is -0.219. The fourth-order valence-electron chi connectivity index (χ4n) is 3.88. The number of hydrogen-bond donors (Lipinski definition) is 1. The molecule has 0 aromatic carbocycles. The molecule has 2 aliphatic carbocycles. The van der Waals surface area contributed by atoms with Crippen molar-refractivity contribution in [3.8, 4) is 0 Å². The number of rotatable bonds is 5. The lowest BCUT2D eigenvalue weighted by molar-refractivity contribution is -0.145. The summed E-state index contributed by atoms with van der Waals surface area (Å²) in [6.07, 6.45) is 1.70. The number of ether oxygens (including phenoxy) is 2. The van der Waals surface area contributed by atoms with E-state index in [0.717, 1.165) is 12.8 Å². The monoisotopic (exact) mass is 331 g/mol. The van der Waals surface area contributed by atoms with Crippen molar-refractivity contribution >= 4 is 27.8 Å². The van der Waals surface area contributed by atoms with E-state index in [9.17, 15) is 9.59 Å². The van der Waals surface area contributed by atoms with Gasteiger partial charge in [-0.3, -0.25) is 9.59 Å². The zero-order chi connectivity index (χ0) is 13.6. The number of carbonyl (C=O) groups excluding carboxylic acids is 2. The molecule has 0 unspecified atom stereocenters. The first kappa shape index (κ1) is 13.4. The summed E-state index contributed by atoms with van der Waals surface area (Å²) in [6, 6.07) is 0. The minimum absolute atomic E-state index is 0.00430. The average Bonchev–Trinajstić information content (AvgIpc) is 2.98. The quantitative estimate of drug-likeness (QED) is 0.458. The van der Waals surface area contributed by atoms with E-state index in [1.807, 2.05) is 0 Å². The van der Waals surface area contributed by atoms with Crippen LogP contribution in [-0.4, -0.2) is 43.1 Å². The van der Waals surface area contributed by atoms with E-state index < -0.39 is 0 Å². The van der Waals surface area contributed by atoms with Gasteiger partial charge in [0.05, 0.1) is 16.7 Å². The molecule has 1 heterocycles. The van der Waals surface area contributed by atoms with Gasteiger partial charge in [0.15, 0.2) is 0 Å². The Balaban J connectivity index is 1.65. The first-order valence-electron chi connectivity index (χ1n) is 6.76. The van der Waals surface area contributed by atoms with Gasteiger partial charge in [-0.15, -0.1) is 0 Å². The molecule has 1 N–H and O–H groups in total. The van der Waals surface area contributed by atoms with Crippen molar-refractivity contribution in [1.29, 1.82) is 0 Å². The highest BCUT2D eigenvalue weighted by Gasteiger charge is 2.67. The van der Waals surface area contributed by atoms with Crippen molar-refractivity contribution in [1.82, 2.24) is 5.32 Å². The largest absolute Gasteiger partial charge is 0.461 e. The summed E-state index contributed by atoms with van der Waals surface area (Å²) >= 11 is 3.60. The van der Waals surface area contributed by atoms with Crippen LogP contribution in [0.3, 0.4) is 0 Å². The molecule has 0 aromatic heterocycles. The molecule has 2 bridgehead atoms. The van der Waals surface area contributed by atoms with Gasteiger partial charge in [-0.1, -0.05) is 15.9 Å². The Morgan fingerprint density at radius 2 is 2.32 bits per heavy atom. The van der Waals surface area contributed by atoms with Gasteiger partial charge in [0.25, 0.3) is 0 Å². The van der Waals surface area contributed by atoms with Crippen molar-refractivity contribution in [2.75, 3.05) is 20.3 Å². The fourth-order valence-corrected chi connectivity index (χ4v) is 4.92. The maximum absolute atomic E-state index is 12.3. The molecule has 3 aliphatic rings. The van der Waals surface area contributed by atoms with Crippen LogP contribution < -0.4 is 5.32 Å². The Labute approximate surface area is 120 Å². The molecule has 0 spiro atoms. The van der Waals surface area contributed by atoms with Crippen LogP contribution in [0.5, 0.6) is 0 Å². The Morgan fingerprint density at radius 3 is 3.05 bits per heavy atom. The predicted molar refractivity (Wildman–Crippen MR) is 70.7 cm³/mol. The van der Waals surface area contributed by atoms with Crippen molar-refractivity contribution in [3.63, 3.8) is 0 Å². The number of methoxy groups -OCH3 is 1. The van der Waals surface area contributed by atoms with Crippen molar-refractivity contribution in [3.05, 3.63) is 0 Å². The van der Waals surface area contributed by atoms with Gasteiger partial charge in [0.2, 0.25) is 5.91 Å². The maximum Gasteiger partial charge on any atom is 0.310 e. The molecule has 2 saturated carbocycles. The van der Waals surface area contributed by atoms with E-state index >= 15 is 0 Å². The number of carbonyl (C=O) groups is 2. The molecular formula is C13H18BrNO4. The molecule has 6 atom stereocenters. The summed E-state index contributed by atoms with van der Waals surface area (Å²) in [5.74, 6) is -0.160. The molecule has 5 nitrogen and oxygen atoms in total. The van der Waals surface area contributed by atoms with Crippen LogP contribution >= 0.6 is 15.9 Å². The van der Waals surface area contributed by atoms with Crippen LogP contribution in [-0.2, 0) is 19.1 Å². The third-order valence-corrected chi connectivity index (χ3v) is 5.85. The summed E-state index contributed by atoms with van der Waals surface area (Å²) < 4.78 is 10.3. The third kappa shape index (κ3) is 2.00. The second-order valence-electron chi connectivity index (χ2n) is 5.60. The van der Waals surface area contributed by atoms with Gasteiger partial charge in [0.1, 0.15) is 6.10 Å². The summed E-state index contributed by atoms with van der Waals surface area (Å²) in [5, 5.41) is 2.92. The van der Waals surface area contributed by atoms with Crippen molar-refractivity contribution < 1.29 is 19.1 Å². The van der Waals surface area contributed by atoms with Gasteiger partial charge >= 0.3 is 5.97 Å². The van der Waals surface area contributed by atoms with Gasteiger partial charge < -0.3 is 14.8 Å². The number of hydrogen-bond acceptors (Lipinski definition) is 4.